The number of Topliss-reactive ketones (excluding diaryl/α,β-unsaturated/α-hetero) is 1. The van der Waals surface area contributed by atoms with Crippen LogP contribution < -0.4 is 0 Å². The van der Waals surface area contributed by atoms with E-state index in [0.717, 1.165) is 0 Å². The molecule has 6 nitrogen and oxygen atoms in total. The average Bonchev–Trinajstić information content (AvgIpc) is 3.37. The van der Waals surface area contributed by atoms with Gasteiger partial charge >= 0.3 is 6.09 Å². The lowest BCUT2D eigenvalue weighted by Crippen LogP contribution is -2.60. The van der Waals surface area contributed by atoms with Crippen molar-refractivity contribution in [3.63, 3.8) is 0 Å². The maximum Gasteiger partial charge on any atom is 0.410 e. The molecule has 2 aliphatic rings. The van der Waals surface area contributed by atoms with Crippen molar-refractivity contribution in [1.29, 1.82) is 0 Å². The second kappa shape index (κ2) is 7.58. The molecule has 1 aliphatic heterocycles. The largest absolute Gasteiger partial charge is 0.444 e. The molecule has 1 aliphatic carbocycles. The van der Waals surface area contributed by atoms with Crippen molar-refractivity contribution in [2.24, 2.45) is 0 Å². The summed E-state index contributed by atoms with van der Waals surface area (Å²) < 4.78 is 5.53. The molecule has 0 bridgehead atoms. The van der Waals surface area contributed by atoms with Crippen molar-refractivity contribution in [2.75, 3.05) is 19.6 Å². The second-order valence-corrected chi connectivity index (χ2v) is 8.95. The highest BCUT2D eigenvalue weighted by molar-refractivity contribution is 5.95. The number of hydrogen-bond donors (Lipinski definition) is 0. The first-order valence-corrected chi connectivity index (χ1v) is 9.87. The van der Waals surface area contributed by atoms with Gasteiger partial charge in [0.05, 0.1) is 6.54 Å². The first kappa shape index (κ1) is 19.8. The number of carbonyl (C=O) groups is 2. The Kier molecular flexibility index (Phi) is 5.56. The fraction of sp³-hybridized carbons (Fsp3) is 0.667. The van der Waals surface area contributed by atoms with Gasteiger partial charge in [-0.3, -0.25) is 14.7 Å². The summed E-state index contributed by atoms with van der Waals surface area (Å²) in [7, 11) is 0. The minimum absolute atomic E-state index is 0.0124. The lowest BCUT2D eigenvalue weighted by molar-refractivity contribution is -0.0138. The van der Waals surface area contributed by atoms with Crippen molar-refractivity contribution >= 4 is 11.9 Å². The monoisotopic (exact) mass is 373 g/mol. The number of rotatable bonds is 4. The van der Waals surface area contributed by atoms with E-state index in [1.54, 1.807) is 4.90 Å². The average molecular weight is 373 g/mol. The first-order valence-electron chi connectivity index (χ1n) is 9.87. The van der Waals surface area contributed by atoms with E-state index >= 15 is 0 Å². The third-order valence-corrected chi connectivity index (χ3v) is 5.09. The molecule has 0 spiro atoms. The molecule has 148 valence electrons. The van der Waals surface area contributed by atoms with E-state index in [-0.39, 0.29) is 24.0 Å². The van der Waals surface area contributed by atoms with Crippen molar-refractivity contribution in [3.8, 4) is 0 Å². The Labute approximate surface area is 161 Å². The molecule has 2 atom stereocenters. The first-order chi connectivity index (χ1) is 12.6. The minimum Gasteiger partial charge on any atom is -0.444 e. The Balaban J connectivity index is 1.57. The highest BCUT2D eigenvalue weighted by Gasteiger charge is 2.36. The number of aromatic nitrogens is 1. The summed E-state index contributed by atoms with van der Waals surface area (Å²) in [5.74, 6) is 0.673. The van der Waals surface area contributed by atoms with Crippen LogP contribution in [0.1, 0.15) is 69.4 Å². The molecule has 27 heavy (non-hydrogen) atoms. The van der Waals surface area contributed by atoms with Gasteiger partial charge < -0.3 is 9.64 Å². The summed E-state index contributed by atoms with van der Waals surface area (Å²) in [5.41, 5.74) is 1.25. The van der Waals surface area contributed by atoms with Crippen molar-refractivity contribution in [1.82, 2.24) is 14.8 Å². The van der Waals surface area contributed by atoms with E-state index < -0.39 is 5.60 Å². The molecule has 1 amide bonds. The standard InChI is InChI=1S/C21H31N3O3/c1-14-11-23(12-15(2)24(14)20(26)27-21(3,4)5)13-19(25)18-9-8-17(10-22-18)16-6-7-16/h8-10,14-16H,6-7,11-13H2,1-5H3/t14-,15+. The smallest absolute Gasteiger partial charge is 0.410 e. The summed E-state index contributed by atoms with van der Waals surface area (Å²) in [5, 5.41) is 0. The molecule has 3 rings (SSSR count). The predicted molar refractivity (Wildman–Crippen MR) is 104 cm³/mol. The van der Waals surface area contributed by atoms with Gasteiger partial charge in [0.1, 0.15) is 11.3 Å². The number of carbonyl (C=O) groups excluding carboxylic acids is 2. The summed E-state index contributed by atoms with van der Waals surface area (Å²) in [6.45, 7) is 11.2. The van der Waals surface area contributed by atoms with Crippen LogP contribution in [-0.4, -0.2) is 64.0 Å². The third kappa shape index (κ3) is 5.06. The van der Waals surface area contributed by atoms with Crippen LogP contribution in [-0.2, 0) is 4.74 Å². The van der Waals surface area contributed by atoms with Crippen LogP contribution >= 0.6 is 0 Å². The molecule has 0 aromatic carbocycles. The zero-order valence-corrected chi connectivity index (χ0v) is 17.1. The van der Waals surface area contributed by atoms with Crippen LogP contribution in [0.2, 0.25) is 0 Å². The summed E-state index contributed by atoms with van der Waals surface area (Å²) in [6.07, 6.45) is 4.02. The summed E-state index contributed by atoms with van der Waals surface area (Å²) in [6, 6.07) is 3.85. The van der Waals surface area contributed by atoms with Crippen molar-refractivity contribution < 1.29 is 14.3 Å². The second-order valence-electron chi connectivity index (χ2n) is 8.95. The SMILES string of the molecule is C[C@@H]1CN(CC(=O)c2ccc(C3CC3)cn2)C[C@H](C)N1C(=O)OC(C)(C)C. The number of piperazine rings is 1. The Morgan fingerprint density at radius 1 is 1.15 bits per heavy atom. The van der Waals surface area contributed by atoms with Gasteiger partial charge in [-0.1, -0.05) is 6.07 Å². The molecule has 2 heterocycles. The van der Waals surface area contributed by atoms with E-state index in [9.17, 15) is 9.59 Å². The van der Waals surface area contributed by atoms with Crippen LogP contribution in [0.25, 0.3) is 0 Å². The van der Waals surface area contributed by atoms with Crippen LogP contribution in [0.4, 0.5) is 4.79 Å². The molecule has 0 radical (unpaired) electrons. The highest BCUT2D eigenvalue weighted by Crippen LogP contribution is 2.39. The van der Waals surface area contributed by atoms with Gasteiger partial charge in [-0.15, -0.1) is 0 Å². The lowest BCUT2D eigenvalue weighted by atomic mass is 10.1. The highest BCUT2D eigenvalue weighted by atomic mass is 16.6. The Morgan fingerprint density at radius 3 is 2.26 bits per heavy atom. The summed E-state index contributed by atoms with van der Waals surface area (Å²) in [4.78, 5) is 33.4. The van der Waals surface area contributed by atoms with Crippen molar-refractivity contribution in [2.45, 2.75) is 71.1 Å². The van der Waals surface area contributed by atoms with Gasteiger partial charge in [0.2, 0.25) is 0 Å². The predicted octanol–water partition coefficient (Wildman–Crippen LogP) is 3.47. The minimum atomic E-state index is -0.512. The zero-order valence-electron chi connectivity index (χ0n) is 17.1. The van der Waals surface area contributed by atoms with E-state index in [1.807, 2.05) is 52.9 Å². The van der Waals surface area contributed by atoms with Crippen molar-refractivity contribution in [3.05, 3.63) is 29.6 Å². The Hall–Kier alpha value is -1.95. The van der Waals surface area contributed by atoms with Gasteiger partial charge in [0.25, 0.3) is 0 Å². The molecule has 1 saturated carbocycles. The van der Waals surface area contributed by atoms with Gasteiger partial charge in [-0.05, 0) is 65.0 Å². The van der Waals surface area contributed by atoms with Gasteiger partial charge in [0, 0.05) is 31.4 Å². The van der Waals surface area contributed by atoms with Crippen LogP contribution in [0.15, 0.2) is 18.3 Å². The molecular weight excluding hydrogens is 342 g/mol. The van der Waals surface area contributed by atoms with Crippen LogP contribution in [0.3, 0.4) is 0 Å². The normalized spacial score (nSPS) is 24.0. The van der Waals surface area contributed by atoms with Crippen LogP contribution in [0, 0.1) is 0 Å². The van der Waals surface area contributed by atoms with E-state index in [2.05, 4.69) is 9.88 Å². The molecule has 0 unspecified atom stereocenters. The van der Waals surface area contributed by atoms with E-state index in [0.29, 0.717) is 31.2 Å². The maximum atomic E-state index is 12.6. The summed E-state index contributed by atoms with van der Waals surface area (Å²) >= 11 is 0. The van der Waals surface area contributed by atoms with Gasteiger partial charge in [0.15, 0.2) is 5.78 Å². The number of pyridine rings is 1. The third-order valence-electron chi connectivity index (χ3n) is 5.09. The number of ether oxygens (including phenoxy) is 1. The number of nitrogens with zero attached hydrogens (tertiary/aromatic N) is 3. The zero-order chi connectivity index (χ0) is 19.8. The molecular formula is C21H31N3O3. The molecule has 0 N–H and O–H groups in total. The molecule has 2 fully saturated rings. The lowest BCUT2D eigenvalue weighted by Gasteiger charge is -2.44. The Morgan fingerprint density at radius 2 is 1.78 bits per heavy atom. The maximum absolute atomic E-state index is 12.6. The number of ketones is 1. The van der Waals surface area contributed by atoms with Crippen LogP contribution in [0.5, 0.6) is 0 Å². The number of amides is 1. The molecule has 6 heteroatoms. The van der Waals surface area contributed by atoms with E-state index in [1.165, 1.54) is 18.4 Å². The molecule has 1 aromatic heterocycles. The fourth-order valence-electron chi connectivity index (χ4n) is 3.75. The number of hydrogen-bond acceptors (Lipinski definition) is 5. The fourth-order valence-corrected chi connectivity index (χ4v) is 3.75. The van der Waals surface area contributed by atoms with E-state index in [4.69, 9.17) is 4.74 Å². The topological polar surface area (TPSA) is 62.7 Å². The Bertz CT molecular complexity index is 680. The quantitative estimate of drug-likeness (QED) is 0.756. The molecule has 1 saturated heterocycles. The molecule has 1 aromatic rings. The van der Waals surface area contributed by atoms with Gasteiger partial charge in [-0.2, -0.15) is 0 Å². The van der Waals surface area contributed by atoms with Gasteiger partial charge in [-0.25, -0.2) is 4.79 Å².